The third-order valence-corrected chi connectivity index (χ3v) is 7.72. The number of aliphatic hydroxyl groups excluding tert-OH is 2. The number of aliphatic hydroxyl groups is 2. The van der Waals surface area contributed by atoms with Crippen molar-refractivity contribution >= 4 is 29.7 Å². The summed E-state index contributed by atoms with van der Waals surface area (Å²) in [4.78, 5) is 67.2. The Balaban J connectivity index is 1.98. The van der Waals surface area contributed by atoms with Crippen LogP contribution >= 0.6 is 0 Å². The number of rotatable bonds is 10. The van der Waals surface area contributed by atoms with E-state index in [4.69, 9.17) is 10.8 Å². The average molecular weight is 562 g/mol. The van der Waals surface area contributed by atoms with Crippen LogP contribution in [0.4, 0.5) is 4.79 Å². The Hall–Kier alpha value is -3.71. The smallest absolute Gasteiger partial charge is 0.405 e. The van der Waals surface area contributed by atoms with Crippen LogP contribution in [0.15, 0.2) is 24.3 Å². The Morgan fingerprint density at radius 3 is 2.17 bits per heavy atom. The molecule has 5 amide bonds. The van der Waals surface area contributed by atoms with Crippen molar-refractivity contribution in [1.29, 1.82) is 0 Å². The topological polar surface area (TPSA) is 203 Å². The molecule has 7 N–H and O–H groups in total. The number of likely N-dealkylation sites (tertiary alicyclic amines) is 2. The van der Waals surface area contributed by atoms with Crippen molar-refractivity contribution in [1.82, 2.24) is 20.4 Å². The van der Waals surface area contributed by atoms with Crippen molar-refractivity contribution in [2.24, 2.45) is 5.73 Å². The van der Waals surface area contributed by atoms with Gasteiger partial charge in [0.2, 0.25) is 23.6 Å². The summed E-state index contributed by atoms with van der Waals surface area (Å²) in [5.41, 5.74) is 5.77. The molecule has 220 valence electrons. The summed E-state index contributed by atoms with van der Waals surface area (Å²) in [7, 11) is 0. The minimum Gasteiger partial charge on any atom is -0.465 e. The first-order valence-corrected chi connectivity index (χ1v) is 13.4. The van der Waals surface area contributed by atoms with Gasteiger partial charge < -0.3 is 41.5 Å². The summed E-state index contributed by atoms with van der Waals surface area (Å²) < 4.78 is 0. The van der Waals surface area contributed by atoms with Gasteiger partial charge in [-0.05, 0) is 52.0 Å². The highest BCUT2D eigenvalue weighted by Gasteiger charge is 2.53. The fourth-order valence-electron chi connectivity index (χ4n) is 5.62. The standard InChI is InChI=1S/C27H39N5O8/c1-15-7-9-18(10-8-15)14-27(25(38)29-20(16(2)33)22(28)35)11-5-13-32(27)23(36)19-6-4-12-31(19)24(37)21(17(3)34)30-26(39)40/h7-10,16-17,19-21,30,33-34H,4-6,11-14H2,1-3H3,(H2,28,35)(H,29,38)(H,39,40)/t16?,17?,19-,20?,21?,27+/m0/s1. The zero-order valence-corrected chi connectivity index (χ0v) is 23.0. The van der Waals surface area contributed by atoms with E-state index in [-0.39, 0.29) is 25.9 Å². The molecule has 0 aromatic heterocycles. The van der Waals surface area contributed by atoms with Crippen LogP contribution in [0.1, 0.15) is 50.7 Å². The highest BCUT2D eigenvalue weighted by Crippen LogP contribution is 2.36. The van der Waals surface area contributed by atoms with Crippen LogP contribution in [-0.2, 0) is 25.6 Å². The van der Waals surface area contributed by atoms with Gasteiger partial charge in [-0.25, -0.2) is 4.79 Å². The molecule has 2 heterocycles. The van der Waals surface area contributed by atoms with Crippen molar-refractivity contribution in [3.05, 3.63) is 35.4 Å². The quantitative estimate of drug-likeness (QED) is 0.214. The molecule has 40 heavy (non-hydrogen) atoms. The second-order valence-corrected chi connectivity index (χ2v) is 10.7. The van der Waals surface area contributed by atoms with Crippen LogP contribution in [0, 0.1) is 6.92 Å². The number of amides is 5. The van der Waals surface area contributed by atoms with E-state index in [9.17, 15) is 34.2 Å². The van der Waals surface area contributed by atoms with Gasteiger partial charge in [-0.1, -0.05) is 29.8 Å². The van der Waals surface area contributed by atoms with Crippen LogP contribution in [0.3, 0.4) is 0 Å². The van der Waals surface area contributed by atoms with Crippen LogP contribution in [0.5, 0.6) is 0 Å². The number of benzene rings is 1. The van der Waals surface area contributed by atoms with E-state index in [2.05, 4.69) is 5.32 Å². The van der Waals surface area contributed by atoms with Gasteiger partial charge in [-0.2, -0.15) is 0 Å². The molecule has 0 radical (unpaired) electrons. The van der Waals surface area contributed by atoms with Gasteiger partial charge >= 0.3 is 6.09 Å². The summed E-state index contributed by atoms with van der Waals surface area (Å²) in [6.07, 6.45) is -2.49. The lowest BCUT2D eigenvalue weighted by molar-refractivity contribution is -0.153. The predicted molar refractivity (Wildman–Crippen MR) is 143 cm³/mol. The number of carbonyl (C=O) groups excluding carboxylic acids is 4. The van der Waals surface area contributed by atoms with E-state index in [0.29, 0.717) is 19.3 Å². The molecule has 0 aliphatic carbocycles. The second kappa shape index (κ2) is 12.6. The molecule has 13 heteroatoms. The number of aryl methyl sites for hydroxylation is 1. The number of hydrogen-bond acceptors (Lipinski definition) is 7. The van der Waals surface area contributed by atoms with Crippen molar-refractivity contribution in [3.8, 4) is 0 Å². The van der Waals surface area contributed by atoms with Crippen LogP contribution in [0.2, 0.25) is 0 Å². The maximum absolute atomic E-state index is 14.1. The monoisotopic (exact) mass is 561 g/mol. The number of hydrogen-bond donors (Lipinski definition) is 6. The van der Waals surface area contributed by atoms with Gasteiger partial charge in [-0.3, -0.25) is 19.2 Å². The lowest BCUT2D eigenvalue weighted by Crippen LogP contribution is -2.65. The maximum atomic E-state index is 14.1. The van der Waals surface area contributed by atoms with E-state index < -0.39 is 65.6 Å². The van der Waals surface area contributed by atoms with Crippen molar-refractivity contribution < 1.29 is 39.3 Å². The van der Waals surface area contributed by atoms with Gasteiger partial charge in [0.05, 0.1) is 12.2 Å². The molecule has 2 aliphatic rings. The second-order valence-electron chi connectivity index (χ2n) is 10.7. The van der Waals surface area contributed by atoms with Crippen molar-refractivity contribution in [3.63, 3.8) is 0 Å². The van der Waals surface area contributed by atoms with Crippen LogP contribution in [0.25, 0.3) is 0 Å². The van der Waals surface area contributed by atoms with Crippen molar-refractivity contribution in [2.75, 3.05) is 13.1 Å². The minimum absolute atomic E-state index is 0.119. The number of carboxylic acid groups (broad SMARTS) is 1. The minimum atomic E-state index is -1.49. The number of primary amides is 1. The van der Waals surface area contributed by atoms with Gasteiger partial charge in [0.25, 0.3) is 0 Å². The number of nitrogens with two attached hydrogens (primary N) is 1. The third kappa shape index (κ3) is 6.53. The molecule has 0 spiro atoms. The molecule has 0 saturated carbocycles. The molecule has 1 aromatic rings. The molecule has 6 atom stereocenters. The van der Waals surface area contributed by atoms with E-state index >= 15 is 0 Å². The molecule has 4 unspecified atom stereocenters. The highest BCUT2D eigenvalue weighted by atomic mass is 16.4. The lowest BCUT2D eigenvalue weighted by atomic mass is 9.85. The maximum Gasteiger partial charge on any atom is 0.405 e. The first kappa shape index (κ1) is 30.8. The molecule has 2 saturated heterocycles. The zero-order chi connectivity index (χ0) is 29.8. The summed E-state index contributed by atoms with van der Waals surface area (Å²) in [6, 6.07) is 3.64. The highest BCUT2D eigenvalue weighted by molar-refractivity contribution is 5.98. The van der Waals surface area contributed by atoms with Crippen LogP contribution in [-0.4, -0.2) is 104 Å². The van der Waals surface area contributed by atoms with Gasteiger partial charge in [0, 0.05) is 19.5 Å². The number of nitrogens with one attached hydrogen (secondary N) is 2. The van der Waals surface area contributed by atoms with E-state index in [0.717, 1.165) is 11.1 Å². The normalized spacial score (nSPS) is 23.7. The summed E-state index contributed by atoms with van der Waals surface area (Å²) in [5, 5.41) is 33.8. The Labute approximate surface area is 232 Å². The van der Waals surface area contributed by atoms with Crippen molar-refractivity contribution in [2.45, 2.75) is 88.7 Å². The number of nitrogens with zero attached hydrogens (tertiary/aromatic N) is 2. The molecule has 0 bridgehead atoms. The molecule has 1 aromatic carbocycles. The van der Waals surface area contributed by atoms with Gasteiger partial charge in [-0.15, -0.1) is 0 Å². The average Bonchev–Trinajstić information content (AvgIpc) is 3.54. The van der Waals surface area contributed by atoms with Gasteiger partial charge in [0.15, 0.2) is 0 Å². The zero-order valence-electron chi connectivity index (χ0n) is 23.0. The molecule has 2 aliphatic heterocycles. The molecular formula is C27H39N5O8. The Morgan fingerprint density at radius 1 is 1.00 bits per heavy atom. The van der Waals surface area contributed by atoms with E-state index in [1.165, 1.54) is 23.6 Å². The first-order chi connectivity index (χ1) is 18.8. The third-order valence-electron chi connectivity index (χ3n) is 7.72. The Kier molecular flexibility index (Phi) is 9.74. The first-order valence-electron chi connectivity index (χ1n) is 13.4. The Morgan fingerprint density at radius 2 is 1.62 bits per heavy atom. The molecule has 3 rings (SSSR count). The molecular weight excluding hydrogens is 522 g/mol. The van der Waals surface area contributed by atoms with Gasteiger partial charge in [0.1, 0.15) is 23.7 Å². The largest absolute Gasteiger partial charge is 0.465 e. The fraction of sp³-hybridized carbons (Fsp3) is 0.593. The summed E-state index contributed by atoms with van der Waals surface area (Å²) in [6.45, 7) is 4.91. The van der Waals surface area contributed by atoms with Crippen LogP contribution < -0.4 is 16.4 Å². The molecule has 2 fully saturated rings. The molecule has 13 nitrogen and oxygen atoms in total. The number of carbonyl (C=O) groups is 5. The summed E-state index contributed by atoms with van der Waals surface area (Å²) in [5.74, 6) is -2.79. The SMILES string of the molecule is Cc1ccc(C[C@@]2(C(=O)NC(C(N)=O)C(C)O)CCCN2C(=O)[C@@H]2CCCN2C(=O)C(NC(=O)O)C(C)O)cc1. The van der Waals surface area contributed by atoms with E-state index in [1.807, 2.05) is 36.5 Å². The van der Waals surface area contributed by atoms with E-state index in [1.54, 1.807) is 0 Å². The Bertz CT molecular complexity index is 1120. The lowest BCUT2D eigenvalue weighted by Gasteiger charge is -2.41. The fourth-order valence-corrected chi connectivity index (χ4v) is 5.62. The predicted octanol–water partition coefficient (Wildman–Crippen LogP) is -0.742. The summed E-state index contributed by atoms with van der Waals surface area (Å²) >= 11 is 0.